The second-order valence-corrected chi connectivity index (χ2v) is 4.78. The maximum Gasteiger partial charge on any atom is 0.260 e. The van der Waals surface area contributed by atoms with Gasteiger partial charge in [-0.1, -0.05) is 12.1 Å². The zero-order valence-corrected chi connectivity index (χ0v) is 12.0. The Bertz CT molecular complexity index is 896. The van der Waals surface area contributed by atoms with Crippen LogP contribution in [0.25, 0.3) is 10.9 Å². The van der Waals surface area contributed by atoms with E-state index in [1.165, 1.54) is 6.07 Å². The van der Waals surface area contributed by atoms with Gasteiger partial charge in [0, 0.05) is 6.07 Å². The summed E-state index contributed by atoms with van der Waals surface area (Å²) in [5, 5.41) is 3.42. The second-order valence-electron chi connectivity index (χ2n) is 4.78. The first-order chi connectivity index (χ1) is 11.1. The van der Waals surface area contributed by atoms with Crippen LogP contribution in [-0.2, 0) is 0 Å². The van der Waals surface area contributed by atoms with Crippen LogP contribution in [0.1, 0.15) is 0 Å². The van der Waals surface area contributed by atoms with Gasteiger partial charge in [0.05, 0.1) is 17.4 Å². The van der Waals surface area contributed by atoms with Crippen LogP contribution in [0.4, 0.5) is 14.7 Å². The van der Waals surface area contributed by atoms with Crippen molar-refractivity contribution >= 4 is 16.9 Å². The van der Waals surface area contributed by atoms with Gasteiger partial charge in [0.15, 0.2) is 11.6 Å². The molecule has 0 unspecified atom stereocenters. The number of aromatic nitrogens is 2. The molecule has 0 amide bonds. The Morgan fingerprint density at radius 3 is 2.78 bits per heavy atom. The lowest BCUT2D eigenvalue weighted by atomic mass is 10.2. The molecule has 0 aliphatic heterocycles. The van der Waals surface area contributed by atoms with Crippen molar-refractivity contribution in [3.63, 3.8) is 0 Å². The van der Waals surface area contributed by atoms with E-state index in [0.717, 1.165) is 12.1 Å². The van der Waals surface area contributed by atoms with Crippen LogP contribution in [0, 0.1) is 11.6 Å². The number of rotatable bonds is 5. The monoisotopic (exact) mass is 317 g/mol. The van der Waals surface area contributed by atoms with Gasteiger partial charge in [-0.15, -0.1) is 0 Å². The Kier molecular flexibility index (Phi) is 4.18. The number of benzene rings is 2. The summed E-state index contributed by atoms with van der Waals surface area (Å²) < 4.78 is 31.1. The van der Waals surface area contributed by atoms with Crippen LogP contribution in [0.5, 0.6) is 5.75 Å². The van der Waals surface area contributed by atoms with E-state index in [2.05, 4.69) is 15.3 Å². The topological polar surface area (TPSA) is 67.0 Å². The molecule has 0 saturated heterocycles. The number of hydrogen-bond acceptors (Lipinski definition) is 4. The molecule has 1 aromatic heterocycles. The number of fused-ring (bicyclic) bond motifs is 1. The molecule has 7 heteroatoms. The van der Waals surface area contributed by atoms with Crippen LogP contribution >= 0.6 is 0 Å². The number of nitrogens with zero attached hydrogens (tertiary/aromatic N) is 1. The van der Waals surface area contributed by atoms with Crippen molar-refractivity contribution < 1.29 is 13.5 Å². The number of para-hydroxylation sites is 1. The average molecular weight is 317 g/mol. The first-order valence-corrected chi connectivity index (χ1v) is 6.94. The number of aromatic amines is 1. The van der Waals surface area contributed by atoms with E-state index >= 15 is 0 Å². The molecule has 3 aromatic rings. The van der Waals surface area contributed by atoms with Crippen molar-refractivity contribution in [2.24, 2.45) is 0 Å². The summed E-state index contributed by atoms with van der Waals surface area (Å²) in [6.07, 6.45) is 0. The zero-order valence-electron chi connectivity index (χ0n) is 12.0. The van der Waals surface area contributed by atoms with Gasteiger partial charge in [-0.25, -0.2) is 13.8 Å². The van der Waals surface area contributed by atoms with Crippen LogP contribution in [0.3, 0.4) is 0 Å². The molecule has 1 heterocycles. The molecular formula is C16H13F2N3O2. The fourth-order valence-corrected chi connectivity index (χ4v) is 2.08. The maximum atomic E-state index is 13.0. The molecule has 0 atom stereocenters. The van der Waals surface area contributed by atoms with E-state index in [9.17, 15) is 13.6 Å². The molecule has 0 spiro atoms. The summed E-state index contributed by atoms with van der Waals surface area (Å²) in [7, 11) is 0. The normalized spacial score (nSPS) is 10.7. The van der Waals surface area contributed by atoms with Crippen molar-refractivity contribution in [1.29, 1.82) is 0 Å². The van der Waals surface area contributed by atoms with Crippen molar-refractivity contribution in [2.75, 3.05) is 18.5 Å². The fourth-order valence-electron chi connectivity index (χ4n) is 2.08. The summed E-state index contributed by atoms with van der Waals surface area (Å²) in [5.74, 6) is -1.34. The minimum atomic E-state index is -0.962. The van der Waals surface area contributed by atoms with Crippen molar-refractivity contribution in [3.8, 4) is 5.75 Å². The van der Waals surface area contributed by atoms with E-state index in [0.29, 0.717) is 23.4 Å². The highest BCUT2D eigenvalue weighted by molar-refractivity contribution is 5.78. The summed E-state index contributed by atoms with van der Waals surface area (Å²) in [5.41, 5.74) is 0.347. The Morgan fingerprint density at radius 2 is 1.96 bits per heavy atom. The highest BCUT2D eigenvalue weighted by Gasteiger charge is 2.04. The van der Waals surface area contributed by atoms with Gasteiger partial charge in [-0.05, 0) is 24.3 Å². The molecule has 2 aromatic carbocycles. The molecule has 118 valence electrons. The third kappa shape index (κ3) is 3.45. The second kappa shape index (κ2) is 6.43. The fraction of sp³-hybridized carbons (Fsp3) is 0.125. The van der Waals surface area contributed by atoms with Crippen LogP contribution in [0.15, 0.2) is 47.3 Å². The number of H-pyrrole nitrogens is 1. The van der Waals surface area contributed by atoms with Crippen LogP contribution < -0.4 is 15.6 Å². The number of anilines is 1. The summed E-state index contributed by atoms with van der Waals surface area (Å²) in [4.78, 5) is 18.8. The van der Waals surface area contributed by atoms with Gasteiger partial charge < -0.3 is 10.1 Å². The molecule has 0 aliphatic rings. The minimum Gasteiger partial charge on any atom is -0.492 e. The molecule has 2 N–H and O–H groups in total. The van der Waals surface area contributed by atoms with Gasteiger partial charge >= 0.3 is 0 Å². The number of halogens is 2. The third-order valence-electron chi connectivity index (χ3n) is 3.17. The Morgan fingerprint density at radius 1 is 1.13 bits per heavy atom. The highest BCUT2D eigenvalue weighted by atomic mass is 19.2. The standard InChI is InChI=1S/C16H13F2N3O2/c17-12-6-5-10(9-13(12)18)23-8-7-19-16-20-14-4-2-1-3-11(14)15(22)21-16/h1-6,9H,7-8H2,(H2,19,20,21,22). The lowest BCUT2D eigenvalue weighted by Gasteiger charge is -2.08. The number of hydrogen-bond donors (Lipinski definition) is 2. The van der Waals surface area contributed by atoms with E-state index in [-0.39, 0.29) is 17.9 Å². The van der Waals surface area contributed by atoms with Gasteiger partial charge in [0.1, 0.15) is 12.4 Å². The number of ether oxygens (including phenoxy) is 1. The molecular weight excluding hydrogens is 304 g/mol. The summed E-state index contributed by atoms with van der Waals surface area (Å²) in [6.45, 7) is 0.530. The van der Waals surface area contributed by atoms with Crippen LogP contribution in [0.2, 0.25) is 0 Å². The van der Waals surface area contributed by atoms with Gasteiger partial charge in [0.25, 0.3) is 5.56 Å². The maximum absolute atomic E-state index is 13.0. The Hall–Kier alpha value is -2.96. The van der Waals surface area contributed by atoms with Crippen molar-refractivity contribution in [1.82, 2.24) is 9.97 Å². The van der Waals surface area contributed by atoms with E-state index in [1.54, 1.807) is 24.3 Å². The largest absolute Gasteiger partial charge is 0.492 e. The zero-order chi connectivity index (χ0) is 16.2. The lowest BCUT2D eigenvalue weighted by molar-refractivity contribution is 0.329. The molecule has 0 radical (unpaired) electrons. The molecule has 0 saturated carbocycles. The third-order valence-corrected chi connectivity index (χ3v) is 3.17. The molecule has 0 fully saturated rings. The summed E-state index contributed by atoms with van der Waals surface area (Å²) >= 11 is 0. The molecule has 5 nitrogen and oxygen atoms in total. The van der Waals surface area contributed by atoms with Gasteiger partial charge in [-0.3, -0.25) is 9.78 Å². The lowest BCUT2D eigenvalue weighted by Crippen LogP contribution is -2.17. The van der Waals surface area contributed by atoms with E-state index in [4.69, 9.17) is 4.74 Å². The first-order valence-electron chi connectivity index (χ1n) is 6.94. The molecule has 0 aliphatic carbocycles. The summed E-state index contributed by atoms with van der Waals surface area (Å²) in [6, 6.07) is 10.3. The van der Waals surface area contributed by atoms with E-state index in [1.807, 2.05) is 0 Å². The number of nitrogens with one attached hydrogen (secondary N) is 2. The first kappa shape index (κ1) is 15.0. The van der Waals surface area contributed by atoms with Crippen molar-refractivity contribution in [2.45, 2.75) is 0 Å². The predicted molar refractivity (Wildman–Crippen MR) is 82.7 cm³/mol. The van der Waals surface area contributed by atoms with Crippen LogP contribution in [-0.4, -0.2) is 23.1 Å². The van der Waals surface area contributed by atoms with Gasteiger partial charge in [0.2, 0.25) is 5.95 Å². The Labute approximate surface area is 129 Å². The van der Waals surface area contributed by atoms with E-state index < -0.39 is 11.6 Å². The molecule has 3 rings (SSSR count). The molecule has 23 heavy (non-hydrogen) atoms. The Balaban J connectivity index is 1.60. The molecule has 0 bridgehead atoms. The highest BCUT2D eigenvalue weighted by Crippen LogP contribution is 2.15. The quantitative estimate of drug-likeness (QED) is 0.710. The predicted octanol–water partition coefficient (Wildman–Crippen LogP) is 2.69. The van der Waals surface area contributed by atoms with Gasteiger partial charge in [-0.2, -0.15) is 0 Å². The minimum absolute atomic E-state index is 0.196. The smallest absolute Gasteiger partial charge is 0.260 e. The van der Waals surface area contributed by atoms with Crippen molar-refractivity contribution in [3.05, 3.63) is 64.5 Å². The SMILES string of the molecule is O=c1[nH]c(NCCOc2ccc(F)c(F)c2)nc2ccccc12. The average Bonchev–Trinajstić information content (AvgIpc) is 2.55.